The van der Waals surface area contributed by atoms with Gasteiger partial charge in [0.15, 0.2) is 23.1 Å². The molecule has 1 fully saturated rings. The molecule has 346 valence electrons. The van der Waals surface area contributed by atoms with Crippen LogP contribution in [0.25, 0.3) is 0 Å². The van der Waals surface area contributed by atoms with E-state index in [9.17, 15) is 24.9 Å². The average Bonchev–Trinajstić information content (AvgIpc) is 3.93. The van der Waals surface area contributed by atoms with Gasteiger partial charge in [0, 0.05) is 65.3 Å². The van der Waals surface area contributed by atoms with Crippen LogP contribution in [0.1, 0.15) is 158 Å². The van der Waals surface area contributed by atoms with Crippen molar-refractivity contribution in [1.29, 1.82) is 0 Å². The number of ketones is 2. The molecular formula is C54H67N3O6S2. The van der Waals surface area contributed by atoms with Crippen molar-refractivity contribution < 1.29 is 29.6 Å². The van der Waals surface area contributed by atoms with Crippen LogP contribution in [0.5, 0.6) is 17.2 Å². The average molecular weight is 918 g/mol. The molecule has 9 nitrogen and oxygen atoms in total. The Hall–Kier alpha value is -4.44. The van der Waals surface area contributed by atoms with Crippen LogP contribution in [0.15, 0.2) is 72.9 Å². The number of hydrogen-bond donors (Lipinski definition) is 6. The van der Waals surface area contributed by atoms with E-state index in [1.807, 2.05) is 60.2 Å². The van der Waals surface area contributed by atoms with Crippen LogP contribution in [0.3, 0.4) is 0 Å². The van der Waals surface area contributed by atoms with E-state index in [1.54, 1.807) is 29.1 Å². The number of aromatic hydroxyl groups is 2. The minimum atomic E-state index is -0.745. The number of ether oxygens (including phenoxy) is 1. The number of carbonyl (C=O) groups is 2. The lowest BCUT2D eigenvalue weighted by Gasteiger charge is -2.29. The zero-order valence-electron chi connectivity index (χ0n) is 38.1. The highest BCUT2D eigenvalue weighted by Crippen LogP contribution is 2.50. The Morgan fingerprint density at radius 3 is 2.57 bits per heavy atom. The third-order valence-corrected chi connectivity index (χ3v) is 16.2. The molecule has 0 amide bonds. The van der Waals surface area contributed by atoms with Crippen molar-refractivity contribution >= 4 is 33.2 Å². The summed E-state index contributed by atoms with van der Waals surface area (Å²) in [5.41, 5.74) is 20.0. The molecule has 5 atom stereocenters. The Bertz CT molecular complexity index is 2380. The molecule has 4 aromatic rings. The van der Waals surface area contributed by atoms with E-state index in [1.165, 1.54) is 19.3 Å². The number of carbonyl (C=O) groups excluding carboxylic acids is 2. The molecule has 3 aliphatic rings. The topological polar surface area (TPSA) is 172 Å². The maximum atomic E-state index is 14.2. The summed E-state index contributed by atoms with van der Waals surface area (Å²) in [6.07, 6.45) is 17.2. The van der Waals surface area contributed by atoms with Crippen molar-refractivity contribution in [2.45, 2.75) is 134 Å². The van der Waals surface area contributed by atoms with Gasteiger partial charge in [-0.2, -0.15) is 0 Å². The number of aliphatic hydroxyl groups excluding tert-OH is 1. The van der Waals surface area contributed by atoms with Crippen molar-refractivity contribution in [3.63, 3.8) is 0 Å². The van der Waals surface area contributed by atoms with Crippen LogP contribution in [-0.4, -0.2) is 50.3 Å². The summed E-state index contributed by atoms with van der Waals surface area (Å²) in [5.74, 6) is 9.19. The molecule has 1 aliphatic heterocycles. The lowest BCUT2D eigenvalue weighted by atomic mass is 9.76. The Kier molecular flexibility index (Phi) is 17.0. The lowest BCUT2D eigenvalue weighted by Crippen LogP contribution is -2.22. The van der Waals surface area contributed by atoms with Gasteiger partial charge >= 0.3 is 0 Å². The molecule has 3 aromatic carbocycles. The quantitative estimate of drug-likeness (QED) is 0.0389. The minimum Gasteiger partial charge on any atom is -0.508 e. The molecule has 8 bridgehead atoms. The van der Waals surface area contributed by atoms with Gasteiger partial charge < -0.3 is 36.5 Å². The Morgan fingerprint density at radius 2 is 1.77 bits per heavy atom. The van der Waals surface area contributed by atoms with Crippen molar-refractivity contribution in [3.8, 4) is 29.1 Å². The number of aryl methyl sites for hydroxylation is 1. The molecule has 5 unspecified atom stereocenters. The van der Waals surface area contributed by atoms with Crippen molar-refractivity contribution in [2.75, 3.05) is 12.4 Å². The summed E-state index contributed by atoms with van der Waals surface area (Å²) >= 11 is 0. The van der Waals surface area contributed by atoms with Crippen LogP contribution in [0.4, 0.5) is 0 Å². The van der Waals surface area contributed by atoms with Crippen LogP contribution in [0.2, 0.25) is 0 Å². The smallest absolute Gasteiger partial charge is 0.165 e. The Morgan fingerprint density at radius 1 is 0.954 bits per heavy atom. The van der Waals surface area contributed by atoms with E-state index < -0.39 is 12.1 Å². The number of benzene rings is 3. The predicted molar refractivity (Wildman–Crippen MR) is 264 cm³/mol. The first kappa shape index (κ1) is 48.5. The van der Waals surface area contributed by atoms with Crippen LogP contribution in [0, 0.1) is 29.1 Å². The SMILES string of the molecule is CCCCCC(CCC12C=CC(=O)CCc3ccc(O)c(c3)OCCc3ccc(O)c(c3)C3CC(=O)c4cc[nH]c4CC#Cc4cc(C(N)N)c(cc43)CSSCC(CC1)C2)CC(C)O. The Labute approximate surface area is 393 Å². The number of rotatable bonds is 10. The highest BCUT2D eigenvalue weighted by atomic mass is 33.1. The van der Waals surface area contributed by atoms with Gasteiger partial charge in [0.2, 0.25) is 0 Å². The zero-order valence-corrected chi connectivity index (χ0v) is 39.7. The second-order valence-corrected chi connectivity index (χ2v) is 21.3. The van der Waals surface area contributed by atoms with E-state index >= 15 is 0 Å². The molecule has 8 N–H and O–H groups in total. The number of aliphatic hydroxyl groups is 1. The number of phenolic OH excluding ortho intramolecular Hbond substituents is 2. The van der Waals surface area contributed by atoms with E-state index in [-0.39, 0.29) is 47.6 Å². The molecule has 2 aliphatic carbocycles. The van der Waals surface area contributed by atoms with E-state index in [0.29, 0.717) is 60.1 Å². The number of unbranched alkanes of at least 4 members (excludes halogenated alkanes) is 2. The summed E-state index contributed by atoms with van der Waals surface area (Å²) in [5, 5.41) is 32.8. The van der Waals surface area contributed by atoms with Gasteiger partial charge in [-0.05, 0) is 133 Å². The third-order valence-electron chi connectivity index (χ3n) is 13.8. The van der Waals surface area contributed by atoms with Crippen LogP contribution < -0.4 is 16.2 Å². The maximum Gasteiger partial charge on any atom is 0.165 e. The van der Waals surface area contributed by atoms with Gasteiger partial charge in [-0.3, -0.25) is 9.59 Å². The van der Waals surface area contributed by atoms with Gasteiger partial charge in [0.1, 0.15) is 5.75 Å². The summed E-state index contributed by atoms with van der Waals surface area (Å²) in [6, 6.07) is 16.6. The highest BCUT2D eigenvalue weighted by molar-refractivity contribution is 8.76. The molecule has 0 spiro atoms. The van der Waals surface area contributed by atoms with Gasteiger partial charge in [-0.25, -0.2) is 0 Å². The molecule has 0 radical (unpaired) electrons. The first-order chi connectivity index (χ1) is 31.4. The second-order valence-electron chi connectivity index (χ2n) is 18.8. The molecule has 1 saturated carbocycles. The number of aromatic nitrogens is 1. The van der Waals surface area contributed by atoms with E-state index in [0.717, 1.165) is 89.8 Å². The molecule has 0 saturated heterocycles. The fourth-order valence-corrected chi connectivity index (χ4v) is 12.7. The number of hydrogen-bond acceptors (Lipinski definition) is 10. The van der Waals surface area contributed by atoms with E-state index in [2.05, 4.69) is 35.9 Å². The molecule has 2 heterocycles. The molecule has 65 heavy (non-hydrogen) atoms. The fraction of sp³-hybridized carbons (Fsp3) is 0.481. The van der Waals surface area contributed by atoms with Crippen molar-refractivity contribution in [1.82, 2.24) is 4.98 Å². The summed E-state index contributed by atoms with van der Waals surface area (Å²) < 4.78 is 6.17. The zero-order chi connectivity index (χ0) is 45.9. The number of nitrogens with two attached hydrogens (primary N) is 2. The van der Waals surface area contributed by atoms with Crippen molar-refractivity contribution in [3.05, 3.63) is 123 Å². The summed E-state index contributed by atoms with van der Waals surface area (Å²) in [6.45, 7) is 4.37. The fourth-order valence-electron chi connectivity index (χ4n) is 10.2. The number of allylic oxidation sites excluding steroid dienone is 2. The first-order valence-electron chi connectivity index (χ1n) is 23.7. The van der Waals surface area contributed by atoms with Gasteiger partial charge in [0.25, 0.3) is 0 Å². The van der Waals surface area contributed by atoms with E-state index in [4.69, 9.17) is 16.2 Å². The van der Waals surface area contributed by atoms with Gasteiger partial charge in [-0.15, -0.1) is 0 Å². The standard InChI is InChI=1S/C54H67N3O6S2/c1-3-4-5-7-36(26-35(2)58)16-21-54-22-17-39(32-54)33-64-65-34-41-30-44-40(29-45(41)53(55)56)8-6-9-48-43(19-24-57-48)51(62)31-46(44)47-27-38(11-14-49(47)60)20-25-63-52-28-37(12-15-50(52)61)10-13-42(59)18-23-54/h11-12,14-15,18-19,23-24,27-30,35-36,39,46,53,57-58,60-61H,3-5,7,9-10,13,16-17,20-22,25-26,31-34,55-56H2,1-2H3. The number of fused-ring (bicyclic) bond motifs is 9. The van der Waals surface area contributed by atoms with Gasteiger partial charge in [-0.1, -0.05) is 96.4 Å². The summed E-state index contributed by atoms with van der Waals surface area (Å²) in [7, 11) is 3.63. The predicted octanol–water partition coefficient (Wildman–Crippen LogP) is 10.8. The van der Waals surface area contributed by atoms with Crippen LogP contribution in [-0.2, 0) is 29.8 Å². The second kappa shape index (κ2) is 22.8. The number of nitrogens with one attached hydrogen (secondary N) is 1. The summed E-state index contributed by atoms with van der Waals surface area (Å²) in [4.78, 5) is 30.9. The monoisotopic (exact) mass is 917 g/mol. The Balaban J connectivity index is 1.22. The molecule has 11 heteroatoms. The first-order valence-corrected chi connectivity index (χ1v) is 26.2. The number of phenols is 2. The number of Topliss-reactive ketones (excluding diaryl/α,β-unsaturated/α-hetero) is 1. The normalized spacial score (nSPS) is 21.6. The number of H-pyrrole nitrogens is 1. The minimum absolute atomic E-state index is 0.0237. The van der Waals surface area contributed by atoms with Crippen molar-refractivity contribution in [2.24, 2.45) is 28.7 Å². The molecule has 1 aromatic heterocycles. The van der Waals surface area contributed by atoms with Gasteiger partial charge in [0.05, 0.1) is 25.3 Å². The molecular weight excluding hydrogens is 851 g/mol. The lowest BCUT2D eigenvalue weighted by molar-refractivity contribution is -0.114. The third kappa shape index (κ3) is 12.9. The van der Waals surface area contributed by atoms with Crippen LogP contribution >= 0.6 is 21.6 Å². The molecule has 7 rings (SSSR count). The maximum absolute atomic E-state index is 14.2. The highest BCUT2D eigenvalue weighted by Gasteiger charge is 2.37. The number of aromatic amines is 1. The largest absolute Gasteiger partial charge is 0.508 e.